The standard InChI is InChI=1S/C22H23NO6/c1-11-13(3)28-18-10-19-16(9-15(11)18)12(2)14(22(27)29-19)6-7-20(24)23-8-4-5-17(23)21(25)26/h9-10,17H,4-8H2,1-3H3,(H,25,26)/p-1/t17-/m1/s1. The maximum absolute atomic E-state index is 12.5. The van der Waals surface area contributed by atoms with Crippen LogP contribution in [-0.2, 0) is 16.0 Å². The fourth-order valence-corrected chi connectivity index (χ4v) is 4.20. The molecule has 152 valence electrons. The van der Waals surface area contributed by atoms with Crippen molar-refractivity contribution in [3.05, 3.63) is 45.0 Å². The minimum absolute atomic E-state index is 0.0486. The first-order valence-electron chi connectivity index (χ1n) is 9.74. The molecule has 2 aromatic heterocycles. The van der Waals surface area contributed by atoms with Gasteiger partial charge in [-0.05, 0) is 57.2 Å². The second kappa shape index (κ2) is 7.06. The number of carboxylic acid groups (broad SMARTS) is 1. The average molecular weight is 396 g/mol. The zero-order valence-electron chi connectivity index (χ0n) is 16.7. The molecule has 1 amide bonds. The summed E-state index contributed by atoms with van der Waals surface area (Å²) in [6.07, 6.45) is 1.29. The van der Waals surface area contributed by atoms with Crippen molar-refractivity contribution in [3.8, 4) is 0 Å². The summed E-state index contributed by atoms with van der Waals surface area (Å²) in [6, 6.07) is 2.80. The third-order valence-corrected chi connectivity index (χ3v) is 6.02. The monoisotopic (exact) mass is 396 g/mol. The number of aryl methyl sites for hydroxylation is 3. The van der Waals surface area contributed by atoms with Crippen LogP contribution >= 0.6 is 0 Å². The van der Waals surface area contributed by atoms with E-state index in [0.717, 1.165) is 27.7 Å². The number of nitrogens with zero attached hydrogens (tertiary/aromatic N) is 1. The average Bonchev–Trinajstić information content (AvgIpc) is 3.26. The van der Waals surface area contributed by atoms with Gasteiger partial charge in [-0.25, -0.2) is 4.79 Å². The van der Waals surface area contributed by atoms with Gasteiger partial charge in [-0.2, -0.15) is 0 Å². The Morgan fingerprint density at radius 3 is 2.52 bits per heavy atom. The highest BCUT2D eigenvalue weighted by atomic mass is 16.4. The van der Waals surface area contributed by atoms with Crippen LogP contribution in [0.3, 0.4) is 0 Å². The summed E-state index contributed by atoms with van der Waals surface area (Å²) in [6.45, 7) is 6.11. The van der Waals surface area contributed by atoms with Crippen LogP contribution in [0.1, 0.15) is 41.7 Å². The SMILES string of the molecule is Cc1oc2cc3oc(=O)c(CCC(=O)N4CCC[C@@H]4C(=O)[O-])c(C)c3cc2c1C. The molecule has 0 aliphatic carbocycles. The molecule has 7 nitrogen and oxygen atoms in total. The zero-order valence-corrected chi connectivity index (χ0v) is 16.7. The molecule has 0 saturated carbocycles. The van der Waals surface area contributed by atoms with Gasteiger partial charge in [0.15, 0.2) is 0 Å². The Morgan fingerprint density at radius 2 is 1.79 bits per heavy atom. The Labute approximate surface area is 166 Å². The topological polar surface area (TPSA) is 104 Å². The molecule has 3 heterocycles. The number of hydrogen-bond acceptors (Lipinski definition) is 6. The van der Waals surface area contributed by atoms with Crippen LogP contribution in [0.5, 0.6) is 0 Å². The zero-order chi connectivity index (χ0) is 20.9. The Balaban J connectivity index is 1.66. The summed E-state index contributed by atoms with van der Waals surface area (Å²) in [4.78, 5) is 37.6. The molecule has 1 fully saturated rings. The molecule has 1 aromatic carbocycles. The second-order valence-corrected chi connectivity index (χ2v) is 7.69. The molecular weight excluding hydrogens is 374 g/mol. The molecule has 0 radical (unpaired) electrons. The Bertz CT molecular complexity index is 1200. The summed E-state index contributed by atoms with van der Waals surface area (Å²) in [5, 5.41) is 13.0. The molecule has 0 spiro atoms. The summed E-state index contributed by atoms with van der Waals surface area (Å²) < 4.78 is 11.2. The maximum atomic E-state index is 12.5. The van der Waals surface area contributed by atoms with Crippen molar-refractivity contribution in [2.24, 2.45) is 0 Å². The molecule has 29 heavy (non-hydrogen) atoms. The molecule has 1 aliphatic heterocycles. The molecular formula is C22H22NO6-. The Hall–Kier alpha value is -3.09. The van der Waals surface area contributed by atoms with Gasteiger partial charge in [0.2, 0.25) is 5.91 Å². The molecule has 1 atom stereocenters. The number of carbonyl (C=O) groups excluding carboxylic acids is 2. The number of furan rings is 1. The highest BCUT2D eigenvalue weighted by molar-refractivity contribution is 5.96. The third-order valence-electron chi connectivity index (χ3n) is 6.02. The molecule has 3 aromatic rings. The Morgan fingerprint density at radius 1 is 1.10 bits per heavy atom. The van der Waals surface area contributed by atoms with E-state index in [0.29, 0.717) is 36.1 Å². The van der Waals surface area contributed by atoms with Crippen LogP contribution < -0.4 is 10.7 Å². The lowest BCUT2D eigenvalue weighted by molar-refractivity contribution is -0.310. The lowest BCUT2D eigenvalue weighted by Crippen LogP contribution is -2.47. The first-order valence-corrected chi connectivity index (χ1v) is 9.74. The quantitative estimate of drug-likeness (QED) is 0.626. The van der Waals surface area contributed by atoms with Crippen LogP contribution in [-0.4, -0.2) is 29.4 Å². The van der Waals surface area contributed by atoms with E-state index >= 15 is 0 Å². The first kappa shape index (κ1) is 19.2. The minimum Gasteiger partial charge on any atom is -0.548 e. The number of carboxylic acids is 1. The molecule has 4 rings (SSSR count). The number of carbonyl (C=O) groups is 2. The van der Waals surface area contributed by atoms with Gasteiger partial charge in [-0.15, -0.1) is 0 Å². The van der Waals surface area contributed by atoms with Crippen LogP contribution in [0, 0.1) is 20.8 Å². The largest absolute Gasteiger partial charge is 0.548 e. The van der Waals surface area contributed by atoms with Gasteiger partial charge in [-0.3, -0.25) is 4.79 Å². The molecule has 0 bridgehead atoms. The highest BCUT2D eigenvalue weighted by Gasteiger charge is 2.29. The third kappa shape index (κ3) is 3.20. The molecule has 7 heteroatoms. The minimum atomic E-state index is -1.23. The van der Waals surface area contributed by atoms with E-state index in [9.17, 15) is 19.5 Å². The fraction of sp³-hybridized carbons (Fsp3) is 0.409. The number of likely N-dealkylation sites (tertiary alicyclic amines) is 1. The summed E-state index contributed by atoms with van der Waals surface area (Å²) >= 11 is 0. The van der Waals surface area contributed by atoms with E-state index in [1.54, 1.807) is 6.07 Å². The van der Waals surface area contributed by atoms with E-state index in [1.807, 2.05) is 26.8 Å². The predicted octanol–water partition coefficient (Wildman–Crippen LogP) is 2.14. The van der Waals surface area contributed by atoms with Gasteiger partial charge < -0.3 is 23.6 Å². The van der Waals surface area contributed by atoms with Crippen LogP contribution in [0.2, 0.25) is 0 Å². The number of fused-ring (bicyclic) bond motifs is 2. The van der Waals surface area contributed by atoms with Gasteiger partial charge in [0.1, 0.15) is 16.9 Å². The second-order valence-electron chi connectivity index (χ2n) is 7.69. The summed E-state index contributed by atoms with van der Waals surface area (Å²) in [5.41, 5.74) is 2.86. The smallest absolute Gasteiger partial charge is 0.339 e. The van der Waals surface area contributed by atoms with Crippen molar-refractivity contribution in [1.29, 1.82) is 0 Å². The predicted molar refractivity (Wildman–Crippen MR) is 105 cm³/mol. The highest BCUT2D eigenvalue weighted by Crippen LogP contribution is 2.31. The lowest BCUT2D eigenvalue weighted by atomic mass is 10.00. The maximum Gasteiger partial charge on any atom is 0.339 e. The number of rotatable bonds is 4. The lowest BCUT2D eigenvalue weighted by Gasteiger charge is -2.25. The van der Waals surface area contributed by atoms with E-state index in [1.165, 1.54) is 4.90 Å². The van der Waals surface area contributed by atoms with Crippen molar-refractivity contribution in [2.45, 2.75) is 52.5 Å². The number of amides is 1. The van der Waals surface area contributed by atoms with Crippen LogP contribution in [0.4, 0.5) is 0 Å². The van der Waals surface area contributed by atoms with E-state index < -0.39 is 17.6 Å². The van der Waals surface area contributed by atoms with Gasteiger partial charge in [0.25, 0.3) is 0 Å². The van der Waals surface area contributed by atoms with Crippen LogP contribution in [0.25, 0.3) is 21.9 Å². The number of benzene rings is 1. The summed E-state index contributed by atoms with van der Waals surface area (Å²) in [5.74, 6) is -0.700. The summed E-state index contributed by atoms with van der Waals surface area (Å²) in [7, 11) is 0. The first-order chi connectivity index (χ1) is 13.8. The molecule has 1 saturated heterocycles. The van der Waals surface area contributed by atoms with Crippen molar-refractivity contribution >= 4 is 33.8 Å². The van der Waals surface area contributed by atoms with Crippen molar-refractivity contribution in [1.82, 2.24) is 4.90 Å². The normalized spacial score (nSPS) is 16.8. The van der Waals surface area contributed by atoms with Gasteiger partial charge in [-0.1, -0.05) is 0 Å². The van der Waals surface area contributed by atoms with Crippen molar-refractivity contribution in [3.63, 3.8) is 0 Å². The number of hydrogen-bond donors (Lipinski definition) is 0. The van der Waals surface area contributed by atoms with E-state index in [4.69, 9.17) is 8.83 Å². The van der Waals surface area contributed by atoms with Gasteiger partial charge in [0, 0.05) is 35.4 Å². The fourth-order valence-electron chi connectivity index (χ4n) is 4.20. The van der Waals surface area contributed by atoms with E-state index in [-0.39, 0.29) is 18.7 Å². The van der Waals surface area contributed by atoms with Gasteiger partial charge >= 0.3 is 5.63 Å². The molecule has 1 aliphatic rings. The van der Waals surface area contributed by atoms with Crippen molar-refractivity contribution in [2.75, 3.05) is 6.54 Å². The molecule has 0 N–H and O–H groups in total. The van der Waals surface area contributed by atoms with E-state index in [2.05, 4.69) is 0 Å². The van der Waals surface area contributed by atoms with Crippen LogP contribution in [0.15, 0.2) is 25.8 Å². The Kier molecular flexibility index (Phi) is 4.68. The van der Waals surface area contributed by atoms with Gasteiger partial charge in [0.05, 0.1) is 12.0 Å². The van der Waals surface area contributed by atoms with Crippen molar-refractivity contribution < 1.29 is 23.5 Å². The number of aliphatic carboxylic acids is 1. The molecule has 0 unspecified atom stereocenters.